The molecular formula is C12H14F15NO3S. The lowest BCUT2D eigenvalue weighted by atomic mass is 9.92. The van der Waals surface area contributed by atoms with Gasteiger partial charge in [-0.3, -0.25) is 4.55 Å². The summed E-state index contributed by atoms with van der Waals surface area (Å²) < 4.78 is 222. The van der Waals surface area contributed by atoms with Crippen LogP contribution in [0.1, 0.15) is 0 Å². The Morgan fingerprint density at radius 3 is 1.25 bits per heavy atom. The molecule has 0 aromatic rings. The van der Waals surface area contributed by atoms with Crippen LogP contribution in [0.2, 0.25) is 0 Å². The van der Waals surface area contributed by atoms with E-state index >= 15 is 0 Å². The SMILES string of the molecule is CNC.O=S(=O)(O)C(F)C(F)(F)C(F)(F)C(F)(F)C(F)(F)C(F)C(F)C(F)C(F)C(F)F. The molecule has 2 N–H and O–H groups in total. The average Bonchev–Trinajstić information content (AvgIpc) is 2.63. The molecule has 0 saturated carbocycles. The van der Waals surface area contributed by atoms with E-state index in [-0.39, 0.29) is 0 Å². The summed E-state index contributed by atoms with van der Waals surface area (Å²) in [6.07, 6.45) is -24.4. The maximum absolute atomic E-state index is 13.3. The van der Waals surface area contributed by atoms with E-state index in [1.807, 2.05) is 14.1 Å². The molecule has 0 aliphatic carbocycles. The highest BCUT2D eigenvalue weighted by Gasteiger charge is 2.85. The molecule has 0 aliphatic heterocycles. The molecule has 0 spiro atoms. The number of hydrogen-bond donors (Lipinski definition) is 2. The highest BCUT2D eigenvalue weighted by atomic mass is 32.2. The van der Waals surface area contributed by atoms with E-state index in [9.17, 15) is 74.3 Å². The maximum Gasteiger partial charge on any atom is 0.382 e. The Morgan fingerprint density at radius 2 is 0.969 bits per heavy atom. The number of alkyl halides is 15. The van der Waals surface area contributed by atoms with E-state index in [2.05, 4.69) is 5.32 Å². The summed E-state index contributed by atoms with van der Waals surface area (Å²) in [6, 6.07) is 0. The first-order valence-electron chi connectivity index (χ1n) is 7.45. The lowest BCUT2D eigenvalue weighted by molar-refractivity contribution is -0.382. The first-order chi connectivity index (χ1) is 13.9. The van der Waals surface area contributed by atoms with Crippen molar-refractivity contribution in [1.29, 1.82) is 0 Å². The molecule has 0 aromatic heterocycles. The van der Waals surface area contributed by atoms with Crippen LogP contribution in [0.3, 0.4) is 0 Å². The van der Waals surface area contributed by atoms with Crippen molar-refractivity contribution in [3.8, 4) is 0 Å². The van der Waals surface area contributed by atoms with Gasteiger partial charge in [0.2, 0.25) is 6.17 Å². The predicted molar refractivity (Wildman–Crippen MR) is 76.8 cm³/mol. The molecule has 20 heteroatoms. The zero-order chi connectivity index (χ0) is 26.7. The van der Waals surface area contributed by atoms with Gasteiger partial charge in [0.15, 0.2) is 18.5 Å². The fraction of sp³-hybridized carbons (Fsp3) is 1.00. The molecule has 5 unspecified atom stereocenters. The fourth-order valence-electron chi connectivity index (χ4n) is 1.60. The molecule has 0 aromatic carbocycles. The minimum atomic E-state index is -7.93. The zero-order valence-corrected chi connectivity index (χ0v) is 16.1. The quantitative estimate of drug-likeness (QED) is 0.325. The molecule has 0 radical (unpaired) electrons. The van der Waals surface area contributed by atoms with Gasteiger partial charge >= 0.3 is 33.8 Å². The van der Waals surface area contributed by atoms with Crippen LogP contribution in [0.5, 0.6) is 0 Å². The third kappa shape index (κ3) is 6.23. The summed E-state index contributed by atoms with van der Waals surface area (Å²) in [4.78, 5) is 0. The second-order valence-electron chi connectivity index (χ2n) is 5.80. The summed E-state index contributed by atoms with van der Waals surface area (Å²) in [7, 11) is -3.21. The first kappa shape index (κ1) is 33.0. The maximum atomic E-state index is 13.3. The van der Waals surface area contributed by atoms with Gasteiger partial charge in [-0.2, -0.15) is 43.5 Å². The Kier molecular flexibility index (Phi) is 11.2. The molecule has 0 saturated heterocycles. The topological polar surface area (TPSA) is 66.4 Å². The van der Waals surface area contributed by atoms with Crippen LogP contribution in [-0.4, -0.2) is 87.4 Å². The van der Waals surface area contributed by atoms with E-state index in [1.165, 1.54) is 0 Å². The van der Waals surface area contributed by atoms with Crippen molar-refractivity contribution in [2.24, 2.45) is 0 Å². The van der Waals surface area contributed by atoms with Crippen LogP contribution in [0.4, 0.5) is 65.9 Å². The second-order valence-corrected chi connectivity index (χ2v) is 7.24. The highest BCUT2D eigenvalue weighted by Crippen LogP contribution is 2.56. The van der Waals surface area contributed by atoms with Crippen molar-refractivity contribution in [3.63, 3.8) is 0 Å². The third-order valence-electron chi connectivity index (χ3n) is 3.25. The minimum Gasteiger partial charge on any atom is -0.323 e. The lowest BCUT2D eigenvalue weighted by Crippen LogP contribution is -2.68. The second kappa shape index (κ2) is 10.8. The number of nitrogens with one attached hydrogen (secondary N) is 1. The van der Waals surface area contributed by atoms with Gasteiger partial charge < -0.3 is 5.32 Å². The van der Waals surface area contributed by atoms with E-state index in [4.69, 9.17) is 4.55 Å². The van der Waals surface area contributed by atoms with Gasteiger partial charge in [0.1, 0.15) is 0 Å². The normalized spacial score (nSPS) is 19.0. The van der Waals surface area contributed by atoms with Crippen molar-refractivity contribution in [3.05, 3.63) is 0 Å². The largest absolute Gasteiger partial charge is 0.382 e. The van der Waals surface area contributed by atoms with Gasteiger partial charge in [-0.05, 0) is 14.1 Å². The van der Waals surface area contributed by atoms with E-state index in [0.717, 1.165) is 0 Å². The molecule has 4 nitrogen and oxygen atoms in total. The fourth-order valence-corrected chi connectivity index (χ4v) is 2.12. The standard InChI is InChI=1S/C10H7F15O3S.C2H7N/c11-1(3(13)5(15)16)2(12)4(14)7(18,19)9(22,23)10(24,25)8(20,21)6(17)29(26,27)28;1-3-2/h1-6H,(H,26,27,28);3H,1-2H3. The zero-order valence-electron chi connectivity index (χ0n) is 15.3. The van der Waals surface area contributed by atoms with E-state index in [0.29, 0.717) is 0 Å². The van der Waals surface area contributed by atoms with E-state index in [1.54, 1.807) is 0 Å². The summed E-state index contributed by atoms with van der Waals surface area (Å²) in [5.74, 6) is -30.7. The first-order valence-corrected chi connectivity index (χ1v) is 8.95. The Labute approximate surface area is 169 Å². The molecule has 0 aliphatic rings. The van der Waals surface area contributed by atoms with Gasteiger partial charge in [-0.1, -0.05) is 0 Å². The van der Waals surface area contributed by atoms with Crippen LogP contribution < -0.4 is 5.32 Å². The van der Waals surface area contributed by atoms with Crippen LogP contribution >= 0.6 is 0 Å². The van der Waals surface area contributed by atoms with Crippen molar-refractivity contribution in [2.75, 3.05) is 14.1 Å². The average molecular weight is 537 g/mol. The molecule has 0 rings (SSSR count). The van der Waals surface area contributed by atoms with Gasteiger partial charge in [0.05, 0.1) is 0 Å². The third-order valence-corrected chi connectivity index (χ3v) is 4.07. The van der Waals surface area contributed by atoms with Gasteiger partial charge in [0.25, 0.3) is 11.9 Å². The number of rotatable bonds is 10. The summed E-state index contributed by atoms with van der Waals surface area (Å²) in [5, 5.41) is 2.75. The molecule has 0 heterocycles. The Hall–Kier alpha value is -1.18. The predicted octanol–water partition coefficient (Wildman–Crippen LogP) is 4.16. The van der Waals surface area contributed by atoms with Gasteiger partial charge in [0, 0.05) is 0 Å². The van der Waals surface area contributed by atoms with Gasteiger partial charge in [-0.25, -0.2) is 30.7 Å². The van der Waals surface area contributed by atoms with Crippen molar-refractivity contribution in [2.45, 2.75) is 60.3 Å². The highest BCUT2D eigenvalue weighted by molar-refractivity contribution is 7.86. The minimum absolute atomic E-state index is 1.88. The molecule has 32 heavy (non-hydrogen) atoms. The molecule has 0 bridgehead atoms. The number of halogens is 15. The smallest absolute Gasteiger partial charge is 0.323 e. The molecule has 196 valence electrons. The Balaban J connectivity index is 0. The Morgan fingerprint density at radius 1 is 0.656 bits per heavy atom. The van der Waals surface area contributed by atoms with Crippen molar-refractivity contribution in [1.82, 2.24) is 5.32 Å². The Bertz CT molecular complexity index is 689. The van der Waals surface area contributed by atoms with Crippen LogP contribution in [0, 0.1) is 0 Å². The monoisotopic (exact) mass is 537 g/mol. The lowest BCUT2D eigenvalue weighted by Gasteiger charge is -2.38. The molecular weight excluding hydrogens is 523 g/mol. The van der Waals surface area contributed by atoms with Crippen LogP contribution in [0.15, 0.2) is 0 Å². The molecule has 5 atom stereocenters. The van der Waals surface area contributed by atoms with Crippen LogP contribution in [0.25, 0.3) is 0 Å². The summed E-state index contributed by atoms with van der Waals surface area (Å²) in [5.41, 5.74) is -5.69. The van der Waals surface area contributed by atoms with Crippen molar-refractivity contribution < 1.29 is 78.8 Å². The van der Waals surface area contributed by atoms with E-state index < -0.39 is 70.4 Å². The summed E-state index contributed by atoms with van der Waals surface area (Å²) in [6.45, 7) is 0. The van der Waals surface area contributed by atoms with Crippen molar-refractivity contribution >= 4 is 10.1 Å². The van der Waals surface area contributed by atoms with Crippen LogP contribution in [-0.2, 0) is 10.1 Å². The van der Waals surface area contributed by atoms with Gasteiger partial charge in [-0.15, -0.1) is 0 Å². The molecule has 0 amide bonds. The number of hydrogen-bond acceptors (Lipinski definition) is 3. The molecule has 0 fully saturated rings. The summed E-state index contributed by atoms with van der Waals surface area (Å²) >= 11 is 0.